The molecule has 0 amide bonds. The minimum atomic E-state index is 0.0218. The van der Waals surface area contributed by atoms with Crippen molar-refractivity contribution < 1.29 is 0 Å². The summed E-state index contributed by atoms with van der Waals surface area (Å²) in [5.41, 5.74) is 7.33. The van der Waals surface area contributed by atoms with Gasteiger partial charge in [0.25, 0.3) is 0 Å². The molecule has 0 saturated carbocycles. The van der Waals surface area contributed by atoms with Gasteiger partial charge < -0.3 is 10.3 Å². The van der Waals surface area contributed by atoms with E-state index in [4.69, 9.17) is 17.3 Å². The summed E-state index contributed by atoms with van der Waals surface area (Å²) < 4.78 is 2.10. The van der Waals surface area contributed by atoms with Crippen molar-refractivity contribution in [2.75, 3.05) is 13.1 Å². The van der Waals surface area contributed by atoms with Gasteiger partial charge in [-0.15, -0.1) is 10.2 Å². The van der Waals surface area contributed by atoms with E-state index in [1.165, 1.54) is 0 Å². The zero-order chi connectivity index (χ0) is 13.9. The molecule has 0 radical (unpaired) electrons. The Labute approximate surface area is 123 Å². The lowest BCUT2D eigenvalue weighted by molar-refractivity contribution is 0.210. The molecular weight excluding hydrogens is 274 g/mol. The Kier molecular flexibility index (Phi) is 4.00. The van der Waals surface area contributed by atoms with Gasteiger partial charge in [-0.2, -0.15) is 0 Å². The molecule has 0 fully saturated rings. The SMILES string of the molecule is NC(CCN1CCn2cnnc2C1)c1cccc(Cl)c1. The number of halogens is 1. The molecule has 2 N–H and O–H groups in total. The van der Waals surface area contributed by atoms with E-state index in [1.807, 2.05) is 24.3 Å². The van der Waals surface area contributed by atoms with Crippen LogP contribution in [0.5, 0.6) is 0 Å². The number of aromatic nitrogens is 3. The standard InChI is InChI=1S/C14H18ClN5/c15-12-3-1-2-11(8-12)13(16)4-5-19-6-7-20-10-17-18-14(20)9-19/h1-3,8,10,13H,4-7,9,16H2. The Morgan fingerprint density at radius 1 is 1.35 bits per heavy atom. The maximum Gasteiger partial charge on any atom is 0.147 e. The van der Waals surface area contributed by atoms with E-state index >= 15 is 0 Å². The predicted octanol–water partition coefficient (Wildman–Crippen LogP) is 1.84. The van der Waals surface area contributed by atoms with E-state index in [0.29, 0.717) is 0 Å². The van der Waals surface area contributed by atoms with Crippen molar-refractivity contribution in [1.29, 1.82) is 0 Å². The maximum atomic E-state index is 6.24. The minimum absolute atomic E-state index is 0.0218. The van der Waals surface area contributed by atoms with Gasteiger partial charge in [0.1, 0.15) is 12.2 Å². The van der Waals surface area contributed by atoms with Gasteiger partial charge in [0, 0.05) is 30.7 Å². The number of fused-ring (bicyclic) bond motifs is 1. The summed E-state index contributed by atoms with van der Waals surface area (Å²) in [6.45, 7) is 3.78. The van der Waals surface area contributed by atoms with E-state index in [1.54, 1.807) is 6.33 Å². The fourth-order valence-corrected chi connectivity index (χ4v) is 2.73. The summed E-state index contributed by atoms with van der Waals surface area (Å²) in [6, 6.07) is 7.81. The van der Waals surface area contributed by atoms with E-state index in [9.17, 15) is 0 Å². The second-order valence-corrected chi connectivity index (χ2v) is 5.60. The Hall–Kier alpha value is -1.43. The lowest BCUT2D eigenvalue weighted by Crippen LogP contribution is -2.35. The average molecular weight is 292 g/mol. The van der Waals surface area contributed by atoms with Crippen LogP contribution in [0.15, 0.2) is 30.6 Å². The van der Waals surface area contributed by atoms with Gasteiger partial charge in [-0.05, 0) is 24.1 Å². The summed E-state index contributed by atoms with van der Waals surface area (Å²) >= 11 is 6.00. The molecular formula is C14H18ClN5. The quantitative estimate of drug-likeness (QED) is 0.934. The van der Waals surface area contributed by atoms with Crippen molar-refractivity contribution in [3.63, 3.8) is 0 Å². The van der Waals surface area contributed by atoms with Crippen molar-refractivity contribution in [3.8, 4) is 0 Å². The first-order valence-corrected chi connectivity index (χ1v) is 7.20. The van der Waals surface area contributed by atoms with Gasteiger partial charge in [0.2, 0.25) is 0 Å². The van der Waals surface area contributed by atoms with E-state index in [0.717, 1.165) is 49.0 Å². The smallest absolute Gasteiger partial charge is 0.147 e. The molecule has 0 saturated heterocycles. The van der Waals surface area contributed by atoms with Crippen LogP contribution < -0.4 is 5.73 Å². The van der Waals surface area contributed by atoms with Gasteiger partial charge in [0.15, 0.2) is 0 Å². The van der Waals surface area contributed by atoms with Crippen molar-refractivity contribution >= 4 is 11.6 Å². The van der Waals surface area contributed by atoms with E-state index < -0.39 is 0 Å². The van der Waals surface area contributed by atoms with Crippen LogP contribution in [0, 0.1) is 0 Å². The second kappa shape index (κ2) is 5.91. The highest BCUT2D eigenvalue weighted by molar-refractivity contribution is 6.30. The summed E-state index contributed by atoms with van der Waals surface area (Å²) in [5, 5.41) is 8.80. The van der Waals surface area contributed by atoms with Crippen LogP contribution in [-0.4, -0.2) is 32.8 Å². The van der Waals surface area contributed by atoms with Crippen LogP contribution in [0.1, 0.15) is 23.9 Å². The molecule has 1 atom stereocenters. The zero-order valence-corrected chi connectivity index (χ0v) is 12.0. The first-order chi connectivity index (χ1) is 9.72. The largest absolute Gasteiger partial charge is 0.324 e. The lowest BCUT2D eigenvalue weighted by atomic mass is 10.0. The van der Waals surface area contributed by atoms with Gasteiger partial charge in [-0.3, -0.25) is 4.90 Å². The van der Waals surface area contributed by atoms with Crippen LogP contribution in [0.3, 0.4) is 0 Å². The molecule has 0 spiro atoms. The lowest BCUT2D eigenvalue weighted by Gasteiger charge is -2.27. The summed E-state index contributed by atoms with van der Waals surface area (Å²) in [7, 11) is 0. The Balaban J connectivity index is 1.55. The number of nitrogens with two attached hydrogens (primary N) is 1. The molecule has 20 heavy (non-hydrogen) atoms. The molecule has 1 unspecified atom stereocenters. The van der Waals surface area contributed by atoms with Crippen molar-refractivity contribution in [2.24, 2.45) is 5.73 Å². The molecule has 1 aromatic carbocycles. The van der Waals surface area contributed by atoms with Gasteiger partial charge >= 0.3 is 0 Å². The van der Waals surface area contributed by atoms with Crippen molar-refractivity contribution in [2.45, 2.75) is 25.6 Å². The fourth-order valence-electron chi connectivity index (χ4n) is 2.53. The molecule has 0 aliphatic carbocycles. The van der Waals surface area contributed by atoms with Crippen molar-refractivity contribution in [3.05, 3.63) is 47.0 Å². The summed E-state index contributed by atoms with van der Waals surface area (Å²) in [4.78, 5) is 2.37. The van der Waals surface area contributed by atoms with Gasteiger partial charge in [-0.1, -0.05) is 23.7 Å². The normalized spacial score (nSPS) is 16.9. The second-order valence-electron chi connectivity index (χ2n) is 5.17. The molecule has 2 aromatic rings. The zero-order valence-electron chi connectivity index (χ0n) is 11.2. The topological polar surface area (TPSA) is 60.0 Å². The number of rotatable bonds is 4. The number of hydrogen-bond donors (Lipinski definition) is 1. The van der Waals surface area contributed by atoms with E-state index in [-0.39, 0.29) is 6.04 Å². The summed E-state index contributed by atoms with van der Waals surface area (Å²) in [6.07, 6.45) is 2.71. The molecule has 0 bridgehead atoms. The number of benzene rings is 1. The molecule has 1 aliphatic rings. The third-order valence-electron chi connectivity index (χ3n) is 3.75. The van der Waals surface area contributed by atoms with Crippen LogP contribution in [0.4, 0.5) is 0 Å². The Morgan fingerprint density at radius 3 is 3.10 bits per heavy atom. The highest BCUT2D eigenvalue weighted by atomic mass is 35.5. The molecule has 1 aromatic heterocycles. The third-order valence-corrected chi connectivity index (χ3v) is 3.99. The highest BCUT2D eigenvalue weighted by Crippen LogP contribution is 2.19. The Morgan fingerprint density at radius 2 is 2.25 bits per heavy atom. The maximum absolute atomic E-state index is 6.24. The minimum Gasteiger partial charge on any atom is -0.324 e. The molecule has 106 valence electrons. The molecule has 3 rings (SSSR count). The third kappa shape index (κ3) is 3.00. The number of nitrogens with zero attached hydrogens (tertiary/aromatic N) is 4. The van der Waals surface area contributed by atoms with Crippen LogP contribution in [-0.2, 0) is 13.1 Å². The first-order valence-electron chi connectivity index (χ1n) is 6.82. The summed E-state index contributed by atoms with van der Waals surface area (Å²) in [5.74, 6) is 1.03. The molecule has 5 nitrogen and oxygen atoms in total. The monoisotopic (exact) mass is 291 g/mol. The molecule has 6 heteroatoms. The van der Waals surface area contributed by atoms with Crippen LogP contribution >= 0.6 is 11.6 Å². The highest BCUT2D eigenvalue weighted by Gasteiger charge is 2.18. The average Bonchev–Trinajstić information content (AvgIpc) is 2.92. The molecule has 1 aliphatic heterocycles. The van der Waals surface area contributed by atoms with Crippen molar-refractivity contribution in [1.82, 2.24) is 19.7 Å². The van der Waals surface area contributed by atoms with Gasteiger partial charge in [0.05, 0.1) is 6.54 Å². The van der Waals surface area contributed by atoms with Gasteiger partial charge in [-0.25, -0.2) is 0 Å². The molecule has 2 heterocycles. The Bertz CT molecular complexity index is 582. The first kappa shape index (κ1) is 13.5. The van der Waals surface area contributed by atoms with Crippen LogP contribution in [0.25, 0.3) is 0 Å². The number of hydrogen-bond acceptors (Lipinski definition) is 4. The predicted molar refractivity (Wildman–Crippen MR) is 78.3 cm³/mol. The van der Waals surface area contributed by atoms with Crippen LogP contribution in [0.2, 0.25) is 5.02 Å². The fraction of sp³-hybridized carbons (Fsp3) is 0.429. The van der Waals surface area contributed by atoms with E-state index in [2.05, 4.69) is 19.7 Å².